The number of aromatic nitrogens is 2. The average Bonchev–Trinajstić information content (AvgIpc) is 3.40. The molecule has 10 heteroatoms. The second-order valence-corrected chi connectivity index (χ2v) is 8.42. The molecule has 0 radical (unpaired) electrons. The lowest BCUT2D eigenvalue weighted by atomic mass is 10.1. The van der Waals surface area contributed by atoms with Crippen LogP contribution in [0, 0.1) is 0 Å². The van der Waals surface area contributed by atoms with Crippen LogP contribution >= 0.6 is 0 Å². The Labute approximate surface area is 210 Å². The van der Waals surface area contributed by atoms with E-state index in [0.717, 1.165) is 15.7 Å². The standard InChI is InChI=1S/C27H23N3O7/c1-35-24(31)15-29-21-9-8-19(25(32)28-13-18-7-10-22-23(11-18)37-16-36-22)12-20(21)26(33)30(27(29)34)14-17-5-3-2-4-6-17/h2-12H,13-16H2,1H3,(H,28,32). The number of esters is 1. The molecule has 0 aliphatic carbocycles. The predicted molar refractivity (Wildman–Crippen MR) is 134 cm³/mol. The van der Waals surface area contributed by atoms with Gasteiger partial charge in [-0.2, -0.15) is 0 Å². The van der Waals surface area contributed by atoms with Gasteiger partial charge in [-0.25, -0.2) is 4.79 Å². The second-order valence-electron chi connectivity index (χ2n) is 8.42. The number of amides is 1. The van der Waals surface area contributed by atoms with E-state index >= 15 is 0 Å². The first kappa shape index (κ1) is 23.9. The van der Waals surface area contributed by atoms with Crippen LogP contribution in [-0.2, 0) is 29.2 Å². The highest BCUT2D eigenvalue weighted by Crippen LogP contribution is 2.32. The number of nitrogens with one attached hydrogen (secondary N) is 1. The molecule has 10 nitrogen and oxygen atoms in total. The van der Waals surface area contributed by atoms with Gasteiger partial charge in [-0.05, 0) is 41.5 Å². The average molecular weight is 501 g/mol. The van der Waals surface area contributed by atoms with Crippen LogP contribution in [0.15, 0.2) is 76.3 Å². The summed E-state index contributed by atoms with van der Waals surface area (Å²) in [6, 6.07) is 18.8. The number of rotatable bonds is 7. The molecule has 1 amide bonds. The lowest BCUT2D eigenvalue weighted by Crippen LogP contribution is -2.41. The lowest BCUT2D eigenvalue weighted by molar-refractivity contribution is -0.141. The fourth-order valence-electron chi connectivity index (χ4n) is 4.15. The molecule has 0 unspecified atom stereocenters. The van der Waals surface area contributed by atoms with Crippen LogP contribution in [0.25, 0.3) is 10.9 Å². The summed E-state index contributed by atoms with van der Waals surface area (Å²) in [5.41, 5.74) is 0.817. The van der Waals surface area contributed by atoms with E-state index in [9.17, 15) is 19.2 Å². The summed E-state index contributed by atoms with van der Waals surface area (Å²) in [6.45, 7) is 0.0192. The maximum absolute atomic E-state index is 13.4. The quantitative estimate of drug-likeness (QED) is 0.385. The van der Waals surface area contributed by atoms with E-state index in [1.165, 1.54) is 29.9 Å². The molecule has 0 saturated heterocycles. The number of methoxy groups -OCH3 is 1. The maximum Gasteiger partial charge on any atom is 0.332 e. The van der Waals surface area contributed by atoms with Gasteiger partial charge in [0.15, 0.2) is 11.5 Å². The fourth-order valence-corrected chi connectivity index (χ4v) is 4.15. The number of hydrogen-bond donors (Lipinski definition) is 1. The molecule has 188 valence electrons. The molecule has 2 heterocycles. The van der Waals surface area contributed by atoms with Crippen LogP contribution in [0.5, 0.6) is 11.5 Å². The number of carbonyl (C=O) groups is 2. The van der Waals surface area contributed by atoms with Gasteiger partial charge >= 0.3 is 11.7 Å². The number of fused-ring (bicyclic) bond motifs is 2. The Morgan fingerprint density at radius 3 is 2.49 bits per heavy atom. The third-order valence-corrected chi connectivity index (χ3v) is 6.08. The minimum Gasteiger partial charge on any atom is -0.468 e. The molecule has 1 aliphatic rings. The highest BCUT2D eigenvalue weighted by atomic mass is 16.7. The van der Waals surface area contributed by atoms with Gasteiger partial charge in [0, 0.05) is 12.1 Å². The summed E-state index contributed by atoms with van der Waals surface area (Å²) in [4.78, 5) is 51.6. The van der Waals surface area contributed by atoms with Crippen molar-refractivity contribution in [3.63, 3.8) is 0 Å². The molecule has 5 rings (SSSR count). The minimum atomic E-state index is -0.647. The van der Waals surface area contributed by atoms with Crippen LogP contribution in [0.4, 0.5) is 0 Å². The fraction of sp³-hybridized carbons (Fsp3) is 0.185. The number of ether oxygens (including phenoxy) is 3. The van der Waals surface area contributed by atoms with Crippen LogP contribution in [0.1, 0.15) is 21.5 Å². The van der Waals surface area contributed by atoms with E-state index in [2.05, 4.69) is 5.32 Å². The summed E-state index contributed by atoms with van der Waals surface area (Å²) in [7, 11) is 1.22. The maximum atomic E-state index is 13.4. The SMILES string of the molecule is COC(=O)Cn1c(=O)n(Cc2ccccc2)c(=O)c2cc(C(=O)NCc3ccc4c(c3)OCO4)ccc21. The smallest absolute Gasteiger partial charge is 0.332 e. The van der Waals surface area contributed by atoms with Crippen molar-refractivity contribution in [2.75, 3.05) is 13.9 Å². The number of hydrogen-bond acceptors (Lipinski definition) is 7. The molecular formula is C27H23N3O7. The Kier molecular flexibility index (Phi) is 6.46. The van der Waals surface area contributed by atoms with Crippen molar-refractivity contribution in [2.24, 2.45) is 0 Å². The first-order valence-electron chi connectivity index (χ1n) is 11.5. The molecule has 1 aliphatic heterocycles. The molecule has 37 heavy (non-hydrogen) atoms. The van der Waals surface area contributed by atoms with E-state index < -0.39 is 23.1 Å². The van der Waals surface area contributed by atoms with Gasteiger partial charge in [-0.3, -0.25) is 23.5 Å². The van der Waals surface area contributed by atoms with Gasteiger partial charge in [0.25, 0.3) is 11.5 Å². The zero-order valence-electron chi connectivity index (χ0n) is 19.9. The van der Waals surface area contributed by atoms with E-state index in [1.807, 2.05) is 12.1 Å². The minimum absolute atomic E-state index is 0.0101. The van der Waals surface area contributed by atoms with Gasteiger partial charge in [0.1, 0.15) is 6.54 Å². The first-order valence-corrected chi connectivity index (χ1v) is 11.5. The van der Waals surface area contributed by atoms with Gasteiger partial charge in [0.2, 0.25) is 6.79 Å². The first-order chi connectivity index (χ1) is 17.9. The third-order valence-electron chi connectivity index (χ3n) is 6.08. The third kappa shape index (κ3) is 4.81. The normalized spacial score (nSPS) is 11.9. The second kappa shape index (κ2) is 10.0. The molecular weight excluding hydrogens is 478 g/mol. The van der Waals surface area contributed by atoms with Crippen LogP contribution in [0.2, 0.25) is 0 Å². The summed E-state index contributed by atoms with van der Waals surface area (Å²) in [6.07, 6.45) is 0. The van der Waals surface area contributed by atoms with Crippen molar-refractivity contribution in [3.05, 3.63) is 104 Å². The zero-order chi connectivity index (χ0) is 25.9. The molecule has 1 aromatic heterocycles. The highest BCUT2D eigenvalue weighted by Gasteiger charge is 2.18. The number of benzene rings is 3. The lowest BCUT2D eigenvalue weighted by Gasteiger charge is -2.14. The van der Waals surface area contributed by atoms with E-state index in [4.69, 9.17) is 14.2 Å². The van der Waals surface area contributed by atoms with Crippen molar-refractivity contribution in [2.45, 2.75) is 19.6 Å². The largest absolute Gasteiger partial charge is 0.468 e. The van der Waals surface area contributed by atoms with Crippen molar-refractivity contribution < 1.29 is 23.8 Å². The molecule has 3 aromatic carbocycles. The molecule has 0 bridgehead atoms. The Morgan fingerprint density at radius 2 is 1.70 bits per heavy atom. The Bertz CT molecular complexity index is 1620. The van der Waals surface area contributed by atoms with E-state index in [1.54, 1.807) is 36.4 Å². The molecule has 4 aromatic rings. The Hall–Kier alpha value is -4.86. The highest BCUT2D eigenvalue weighted by molar-refractivity contribution is 5.98. The van der Waals surface area contributed by atoms with E-state index in [-0.39, 0.29) is 42.9 Å². The summed E-state index contributed by atoms with van der Waals surface area (Å²) >= 11 is 0. The molecule has 0 saturated carbocycles. The molecule has 0 atom stereocenters. The number of nitrogens with zero attached hydrogens (tertiary/aromatic N) is 2. The van der Waals surface area contributed by atoms with Crippen LogP contribution in [-0.4, -0.2) is 34.9 Å². The number of carbonyl (C=O) groups excluding carboxylic acids is 2. The predicted octanol–water partition coefficient (Wildman–Crippen LogP) is 2.04. The van der Waals surface area contributed by atoms with Gasteiger partial charge < -0.3 is 19.5 Å². The topological polar surface area (TPSA) is 118 Å². The van der Waals surface area contributed by atoms with Gasteiger partial charge in [-0.15, -0.1) is 0 Å². The zero-order valence-corrected chi connectivity index (χ0v) is 19.9. The van der Waals surface area contributed by atoms with Crippen molar-refractivity contribution >= 4 is 22.8 Å². The van der Waals surface area contributed by atoms with Crippen molar-refractivity contribution in [1.82, 2.24) is 14.5 Å². The summed E-state index contributed by atoms with van der Waals surface area (Å²) in [5.74, 6) is 0.215. The monoisotopic (exact) mass is 501 g/mol. The molecule has 1 N–H and O–H groups in total. The molecule has 0 spiro atoms. The Morgan fingerprint density at radius 1 is 0.919 bits per heavy atom. The Balaban J connectivity index is 1.50. The summed E-state index contributed by atoms with van der Waals surface area (Å²) < 4.78 is 17.6. The van der Waals surface area contributed by atoms with Crippen LogP contribution in [0.3, 0.4) is 0 Å². The van der Waals surface area contributed by atoms with E-state index in [0.29, 0.717) is 11.5 Å². The van der Waals surface area contributed by atoms with Crippen molar-refractivity contribution in [1.29, 1.82) is 0 Å². The van der Waals surface area contributed by atoms with Gasteiger partial charge in [0.05, 0.1) is 24.6 Å². The van der Waals surface area contributed by atoms with Crippen LogP contribution < -0.4 is 26.0 Å². The van der Waals surface area contributed by atoms with Crippen molar-refractivity contribution in [3.8, 4) is 11.5 Å². The summed E-state index contributed by atoms with van der Waals surface area (Å²) in [5, 5.41) is 2.96. The molecule has 0 fully saturated rings. The van der Waals surface area contributed by atoms with Gasteiger partial charge in [-0.1, -0.05) is 36.4 Å².